The van der Waals surface area contributed by atoms with Crippen molar-refractivity contribution >= 4 is 11.5 Å². The van der Waals surface area contributed by atoms with E-state index in [1.54, 1.807) is 6.92 Å². The van der Waals surface area contributed by atoms with E-state index in [0.29, 0.717) is 6.42 Å². The molecule has 0 saturated heterocycles. The van der Waals surface area contributed by atoms with Crippen LogP contribution < -0.4 is 5.32 Å². The highest BCUT2D eigenvalue weighted by Crippen LogP contribution is 2.16. The van der Waals surface area contributed by atoms with Crippen molar-refractivity contribution in [3.05, 3.63) is 29.3 Å². The molecule has 14 heavy (non-hydrogen) atoms. The summed E-state index contributed by atoms with van der Waals surface area (Å²) < 4.78 is 0. The van der Waals surface area contributed by atoms with Crippen molar-refractivity contribution < 1.29 is 4.79 Å². The fraction of sp³-hybridized carbons (Fsp3) is 0.417. The second kappa shape index (κ2) is 4.80. The van der Waals surface area contributed by atoms with Gasteiger partial charge in [-0.2, -0.15) is 0 Å². The molecule has 2 nitrogen and oxygen atoms in total. The van der Waals surface area contributed by atoms with Gasteiger partial charge in [0.05, 0.1) is 0 Å². The lowest BCUT2D eigenvalue weighted by molar-refractivity contribution is -0.116. The highest BCUT2D eigenvalue weighted by Gasteiger charge is 2.01. The van der Waals surface area contributed by atoms with Gasteiger partial charge in [0, 0.05) is 19.2 Å². The van der Waals surface area contributed by atoms with Crippen LogP contribution in [0.4, 0.5) is 5.69 Å². The average Bonchev–Trinajstić information content (AvgIpc) is 2.16. The second-order valence-corrected chi connectivity index (χ2v) is 3.59. The Kier molecular flexibility index (Phi) is 3.69. The quantitative estimate of drug-likeness (QED) is 0.792. The number of carbonyl (C=O) groups is 1. The maximum absolute atomic E-state index is 10.9. The maximum Gasteiger partial charge on any atom is 0.130 e. The van der Waals surface area contributed by atoms with E-state index in [4.69, 9.17) is 0 Å². The first-order valence-corrected chi connectivity index (χ1v) is 4.90. The number of benzene rings is 1. The van der Waals surface area contributed by atoms with E-state index in [-0.39, 0.29) is 5.78 Å². The molecule has 1 N–H and O–H groups in total. The fourth-order valence-electron chi connectivity index (χ4n) is 1.41. The van der Waals surface area contributed by atoms with Crippen LogP contribution in [0.15, 0.2) is 18.2 Å². The third-order valence-corrected chi connectivity index (χ3v) is 2.38. The van der Waals surface area contributed by atoms with Gasteiger partial charge in [-0.25, -0.2) is 0 Å². The van der Waals surface area contributed by atoms with Crippen LogP contribution in [0.2, 0.25) is 0 Å². The van der Waals surface area contributed by atoms with Crippen molar-refractivity contribution in [3.8, 4) is 0 Å². The Morgan fingerprint density at radius 3 is 2.71 bits per heavy atom. The minimum Gasteiger partial charge on any atom is -0.388 e. The molecule has 0 bridgehead atoms. The maximum atomic E-state index is 10.9. The highest BCUT2D eigenvalue weighted by atomic mass is 16.1. The molecule has 0 aliphatic rings. The molecule has 0 heterocycles. The molecule has 1 aromatic carbocycles. The minimum absolute atomic E-state index is 0.249. The third-order valence-electron chi connectivity index (χ3n) is 2.38. The van der Waals surface area contributed by atoms with Crippen LogP contribution >= 0.6 is 0 Å². The SMILES string of the molecule is CNc1ccc(C)c(CCC(C)=O)c1. The number of hydrogen-bond acceptors (Lipinski definition) is 2. The number of hydrogen-bond donors (Lipinski definition) is 1. The predicted molar refractivity (Wildman–Crippen MR) is 59.7 cm³/mol. The van der Waals surface area contributed by atoms with Crippen LogP contribution in [0.25, 0.3) is 0 Å². The smallest absolute Gasteiger partial charge is 0.130 e. The molecule has 1 aromatic rings. The van der Waals surface area contributed by atoms with Crippen LogP contribution in [0, 0.1) is 6.92 Å². The Balaban J connectivity index is 2.78. The van der Waals surface area contributed by atoms with Gasteiger partial charge in [-0.1, -0.05) is 6.07 Å². The summed E-state index contributed by atoms with van der Waals surface area (Å²) in [7, 11) is 1.90. The van der Waals surface area contributed by atoms with E-state index in [2.05, 4.69) is 24.4 Å². The Hall–Kier alpha value is -1.31. The zero-order chi connectivity index (χ0) is 10.6. The van der Waals surface area contributed by atoms with Gasteiger partial charge in [-0.3, -0.25) is 0 Å². The summed E-state index contributed by atoms with van der Waals surface area (Å²) in [5.74, 6) is 0.249. The normalized spacial score (nSPS) is 9.93. The number of Topliss-reactive ketones (excluding diaryl/α,β-unsaturated/α-hetero) is 1. The molecule has 0 amide bonds. The first-order valence-electron chi connectivity index (χ1n) is 4.90. The molecular weight excluding hydrogens is 174 g/mol. The molecule has 2 heteroatoms. The lowest BCUT2D eigenvalue weighted by Crippen LogP contribution is -1.97. The highest BCUT2D eigenvalue weighted by molar-refractivity contribution is 5.75. The molecular formula is C12H17NO. The van der Waals surface area contributed by atoms with Gasteiger partial charge >= 0.3 is 0 Å². The third kappa shape index (κ3) is 2.87. The Morgan fingerprint density at radius 2 is 2.14 bits per heavy atom. The summed E-state index contributed by atoms with van der Waals surface area (Å²) in [4.78, 5) is 10.9. The minimum atomic E-state index is 0.249. The van der Waals surface area contributed by atoms with Crippen molar-refractivity contribution in [2.75, 3.05) is 12.4 Å². The monoisotopic (exact) mass is 191 g/mol. The van der Waals surface area contributed by atoms with Crippen LogP contribution in [-0.4, -0.2) is 12.8 Å². The van der Waals surface area contributed by atoms with Crippen molar-refractivity contribution in [2.45, 2.75) is 26.7 Å². The van der Waals surface area contributed by atoms with E-state index < -0.39 is 0 Å². The van der Waals surface area contributed by atoms with E-state index in [1.165, 1.54) is 11.1 Å². The van der Waals surface area contributed by atoms with Gasteiger partial charge in [0.2, 0.25) is 0 Å². The van der Waals surface area contributed by atoms with Gasteiger partial charge in [0.15, 0.2) is 0 Å². The summed E-state index contributed by atoms with van der Waals surface area (Å²) in [6, 6.07) is 6.24. The average molecular weight is 191 g/mol. The number of ketones is 1. The molecule has 0 spiro atoms. The molecule has 0 saturated carbocycles. The number of rotatable bonds is 4. The van der Waals surface area contributed by atoms with Crippen LogP contribution in [0.1, 0.15) is 24.5 Å². The summed E-state index contributed by atoms with van der Waals surface area (Å²) in [5, 5.41) is 3.10. The standard InChI is InChI=1S/C12H17NO/c1-9-4-7-12(13-3)8-11(9)6-5-10(2)14/h4,7-8,13H,5-6H2,1-3H3. The molecule has 0 atom stereocenters. The number of nitrogens with one attached hydrogen (secondary N) is 1. The first kappa shape index (κ1) is 10.8. The predicted octanol–water partition coefficient (Wildman–Crippen LogP) is 2.56. The zero-order valence-electron chi connectivity index (χ0n) is 9.05. The Bertz CT molecular complexity index is 331. The second-order valence-electron chi connectivity index (χ2n) is 3.59. The summed E-state index contributed by atoms with van der Waals surface area (Å²) >= 11 is 0. The summed E-state index contributed by atoms with van der Waals surface area (Å²) in [5.41, 5.74) is 3.62. The zero-order valence-corrected chi connectivity index (χ0v) is 9.05. The Morgan fingerprint density at radius 1 is 1.43 bits per heavy atom. The van der Waals surface area contributed by atoms with E-state index in [1.807, 2.05) is 13.1 Å². The lowest BCUT2D eigenvalue weighted by Gasteiger charge is -2.07. The molecule has 0 aliphatic heterocycles. The van der Waals surface area contributed by atoms with Gasteiger partial charge in [0.25, 0.3) is 0 Å². The largest absolute Gasteiger partial charge is 0.388 e. The molecule has 76 valence electrons. The Labute approximate surface area is 85.3 Å². The van der Waals surface area contributed by atoms with E-state index in [0.717, 1.165) is 12.1 Å². The van der Waals surface area contributed by atoms with Crippen molar-refractivity contribution in [3.63, 3.8) is 0 Å². The molecule has 0 aliphatic carbocycles. The number of aryl methyl sites for hydroxylation is 2. The molecule has 1 rings (SSSR count). The number of anilines is 1. The van der Waals surface area contributed by atoms with Gasteiger partial charge in [0.1, 0.15) is 5.78 Å². The van der Waals surface area contributed by atoms with Gasteiger partial charge in [-0.15, -0.1) is 0 Å². The van der Waals surface area contributed by atoms with Crippen molar-refractivity contribution in [1.29, 1.82) is 0 Å². The first-order chi connectivity index (χ1) is 6.63. The van der Waals surface area contributed by atoms with Crippen LogP contribution in [-0.2, 0) is 11.2 Å². The molecule has 0 radical (unpaired) electrons. The van der Waals surface area contributed by atoms with Crippen LogP contribution in [0.3, 0.4) is 0 Å². The van der Waals surface area contributed by atoms with Gasteiger partial charge < -0.3 is 10.1 Å². The molecule has 0 unspecified atom stereocenters. The summed E-state index contributed by atoms with van der Waals surface area (Å²) in [6.07, 6.45) is 1.48. The molecule has 0 aromatic heterocycles. The van der Waals surface area contributed by atoms with Crippen molar-refractivity contribution in [1.82, 2.24) is 0 Å². The van der Waals surface area contributed by atoms with E-state index >= 15 is 0 Å². The van der Waals surface area contributed by atoms with Crippen LogP contribution in [0.5, 0.6) is 0 Å². The lowest BCUT2D eigenvalue weighted by atomic mass is 10.0. The molecule has 0 fully saturated rings. The topological polar surface area (TPSA) is 29.1 Å². The summed E-state index contributed by atoms with van der Waals surface area (Å²) in [6.45, 7) is 3.71. The van der Waals surface area contributed by atoms with Crippen molar-refractivity contribution in [2.24, 2.45) is 0 Å². The van der Waals surface area contributed by atoms with Gasteiger partial charge in [-0.05, 0) is 43.5 Å². The fourth-order valence-corrected chi connectivity index (χ4v) is 1.41. The number of carbonyl (C=O) groups excluding carboxylic acids is 1. The van der Waals surface area contributed by atoms with E-state index in [9.17, 15) is 4.79 Å².